The van der Waals surface area contributed by atoms with Gasteiger partial charge in [0.05, 0.1) is 18.7 Å². The van der Waals surface area contributed by atoms with Gasteiger partial charge in [0.25, 0.3) is 0 Å². The molecule has 27 heavy (non-hydrogen) atoms. The summed E-state index contributed by atoms with van der Waals surface area (Å²) in [6.07, 6.45) is 8.29. The first-order valence-corrected chi connectivity index (χ1v) is 10.4. The van der Waals surface area contributed by atoms with E-state index < -0.39 is 0 Å². The molecule has 6 heteroatoms. The monoisotopic (exact) mass is 373 g/mol. The Morgan fingerprint density at radius 2 is 2.11 bits per heavy atom. The fraction of sp³-hybridized carbons (Fsp3) is 0.714. The van der Waals surface area contributed by atoms with Crippen LogP contribution < -0.4 is 0 Å². The van der Waals surface area contributed by atoms with Crippen LogP contribution in [0.5, 0.6) is 0 Å². The van der Waals surface area contributed by atoms with Gasteiger partial charge in [-0.2, -0.15) is 0 Å². The highest BCUT2D eigenvalue weighted by Crippen LogP contribution is 2.32. The summed E-state index contributed by atoms with van der Waals surface area (Å²) in [5.41, 5.74) is 0. The van der Waals surface area contributed by atoms with Crippen LogP contribution in [0.2, 0.25) is 0 Å². The molecule has 6 nitrogen and oxygen atoms in total. The maximum atomic E-state index is 13.0. The molecule has 3 atom stereocenters. The Hall–Kier alpha value is -1.82. The maximum absolute atomic E-state index is 13.0. The first kappa shape index (κ1) is 18.5. The fourth-order valence-corrected chi connectivity index (χ4v) is 5.22. The molecular formula is C21H31N3O3. The van der Waals surface area contributed by atoms with Crippen molar-refractivity contribution in [2.75, 3.05) is 33.2 Å². The number of likely N-dealkylation sites (tertiary alicyclic amines) is 1. The van der Waals surface area contributed by atoms with Crippen LogP contribution >= 0.6 is 0 Å². The van der Waals surface area contributed by atoms with E-state index in [4.69, 9.17) is 4.42 Å². The van der Waals surface area contributed by atoms with E-state index in [2.05, 4.69) is 4.90 Å². The highest BCUT2D eigenvalue weighted by Gasteiger charge is 2.38. The molecule has 4 heterocycles. The normalized spacial score (nSPS) is 29.0. The molecule has 1 aromatic heterocycles. The second-order valence-corrected chi connectivity index (χ2v) is 8.47. The predicted molar refractivity (Wildman–Crippen MR) is 102 cm³/mol. The minimum Gasteiger partial charge on any atom is -0.467 e. The molecule has 0 radical (unpaired) electrons. The number of piperidine rings is 2. The lowest BCUT2D eigenvalue weighted by Crippen LogP contribution is -2.51. The van der Waals surface area contributed by atoms with Gasteiger partial charge in [-0.15, -0.1) is 0 Å². The Labute approximate surface area is 161 Å². The third kappa shape index (κ3) is 4.05. The minimum atomic E-state index is -0.219. The number of carbonyl (C=O) groups is 2. The van der Waals surface area contributed by atoms with Crippen molar-refractivity contribution in [3.63, 3.8) is 0 Å². The molecule has 2 amide bonds. The SMILES string of the molecule is CN(C[C@@H]1CCCN2CCCC[C@H]12)C(=O)[C@H]1CC(=O)N(Cc2ccco2)C1. The zero-order chi connectivity index (χ0) is 18.8. The molecule has 0 aliphatic carbocycles. The summed E-state index contributed by atoms with van der Waals surface area (Å²) in [6, 6.07) is 4.34. The van der Waals surface area contributed by atoms with Crippen molar-refractivity contribution in [2.45, 2.75) is 51.1 Å². The van der Waals surface area contributed by atoms with E-state index in [1.165, 1.54) is 45.2 Å². The number of hydrogen-bond donors (Lipinski definition) is 0. The number of hydrogen-bond acceptors (Lipinski definition) is 4. The molecule has 148 valence electrons. The van der Waals surface area contributed by atoms with Gasteiger partial charge in [-0.1, -0.05) is 6.42 Å². The molecule has 0 aromatic carbocycles. The Kier molecular flexibility index (Phi) is 5.53. The number of nitrogens with zero attached hydrogens (tertiary/aromatic N) is 3. The van der Waals surface area contributed by atoms with Gasteiger partial charge in [-0.05, 0) is 56.8 Å². The zero-order valence-electron chi connectivity index (χ0n) is 16.3. The molecule has 3 fully saturated rings. The average Bonchev–Trinajstić information content (AvgIpc) is 3.32. The van der Waals surface area contributed by atoms with Crippen LogP contribution in [0.15, 0.2) is 22.8 Å². The summed E-state index contributed by atoms with van der Waals surface area (Å²) in [4.78, 5) is 31.6. The van der Waals surface area contributed by atoms with Gasteiger partial charge in [0.2, 0.25) is 11.8 Å². The standard InChI is InChI=1S/C21H31N3O3/c1-22(13-16-6-4-10-23-9-3-2-8-19(16)23)21(26)17-12-20(25)24(14-17)15-18-7-5-11-27-18/h5,7,11,16-17,19H,2-4,6,8-10,12-15H2,1H3/t16-,17-,19+/m0/s1. The largest absolute Gasteiger partial charge is 0.467 e. The first-order valence-electron chi connectivity index (χ1n) is 10.4. The van der Waals surface area contributed by atoms with Crippen molar-refractivity contribution in [2.24, 2.45) is 11.8 Å². The summed E-state index contributed by atoms with van der Waals surface area (Å²) in [7, 11) is 1.92. The number of rotatable bonds is 5. The van der Waals surface area contributed by atoms with E-state index in [1.807, 2.05) is 24.1 Å². The van der Waals surface area contributed by atoms with Gasteiger partial charge in [0, 0.05) is 32.6 Å². The minimum absolute atomic E-state index is 0.0503. The van der Waals surface area contributed by atoms with Crippen LogP contribution in [0.1, 0.15) is 44.3 Å². The number of fused-ring (bicyclic) bond motifs is 1. The molecular weight excluding hydrogens is 342 g/mol. The van der Waals surface area contributed by atoms with Crippen molar-refractivity contribution < 1.29 is 14.0 Å². The van der Waals surface area contributed by atoms with E-state index in [-0.39, 0.29) is 17.7 Å². The first-order chi connectivity index (χ1) is 13.1. The third-order valence-corrected chi connectivity index (χ3v) is 6.60. The molecule has 0 N–H and O–H groups in total. The Balaban J connectivity index is 1.33. The molecule has 0 bridgehead atoms. The van der Waals surface area contributed by atoms with Gasteiger partial charge in [0.15, 0.2) is 0 Å². The van der Waals surface area contributed by atoms with Gasteiger partial charge in [-0.25, -0.2) is 0 Å². The van der Waals surface area contributed by atoms with Crippen molar-refractivity contribution >= 4 is 11.8 Å². The van der Waals surface area contributed by atoms with Crippen LogP contribution in [0.25, 0.3) is 0 Å². The topological polar surface area (TPSA) is 57.0 Å². The second-order valence-electron chi connectivity index (χ2n) is 8.47. The third-order valence-electron chi connectivity index (χ3n) is 6.60. The van der Waals surface area contributed by atoms with Gasteiger partial charge >= 0.3 is 0 Å². The van der Waals surface area contributed by atoms with Crippen LogP contribution in [-0.2, 0) is 16.1 Å². The molecule has 1 aromatic rings. The molecule has 0 saturated carbocycles. The zero-order valence-corrected chi connectivity index (χ0v) is 16.3. The smallest absolute Gasteiger partial charge is 0.227 e. The Morgan fingerprint density at radius 3 is 2.93 bits per heavy atom. The molecule has 3 aliphatic heterocycles. The van der Waals surface area contributed by atoms with E-state index >= 15 is 0 Å². The lowest BCUT2D eigenvalue weighted by atomic mass is 9.83. The summed E-state index contributed by atoms with van der Waals surface area (Å²) >= 11 is 0. The lowest BCUT2D eigenvalue weighted by molar-refractivity contribution is -0.135. The number of amides is 2. The summed E-state index contributed by atoms with van der Waals surface area (Å²) in [5.74, 6) is 1.30. The van der Waals surface area contributed by atoms with E-state index in [1.54, 1.807) is 11.2 Å². The van der Waals surface area contributed by atoms with Gasteiger partial charge < -0.3 is 19.1 Å². The quantitative estimate of drug-likeness (QED) is 0.795. The van der Waals surface area contributed by atoms with Crippen molar-refractivity contribution in [1.82, 2.24) is 14.7 Å². The van der Waals surface area contributed by atoms with Crippen LogP contribution in [0, 0.1) is 11.8 Å². The fourth-order valence-electron chi connectivity index (χ4n) is 5.22. The average molecular weight is 373 g/mol. The number of carbonyl (C=O) groups excluding carboxylic acids is 2. The maximum Gasteiger partial charge on any atom is 0.227 e. The number of furan rings is 1. The van der Waals surface area contributed by atoms with E-state index in [0.29, 0.717) is 31.5 Å². The van der Waals surface area contributed by atoms with E-state index in [0.717, 1.165) is 12.3 Å². The van der Waals surface area contributed by atoms with Gasteiger partial charge in [0.1, 0.15) is 5.76 Å². The Bertz CT molecular complexity index is 658. The van der Waals surface area contributed by atoms with E-state index in [9.17, 15) is 9.59 Å². The second kappa shape index (κ2) is 8.05. The summed E-state index contributed by atoms with van der Waals surface area (Å²) in [5, 5.41) is 0. The predicted octanol–water partition coefficient (Wildman–Crippen LogP) is 2.35. The molecule has 0 spiro atoms. The van der Waals surface area contributed by atoms with Crippen molar-refractivity contribution in [1.29, 1.82) is 0 Å². The van der Waals surface area contributed by atoms with Crippen molar-refractivity contribution in [3.05, 3.63) is 24.2 Å². The highest BCUT2D eigenvalue weighted by atomic mass is 16.3. The molecule has 4 rings (SSSR count). The van der Waals surface area contributed by atoms with Crippen LogP contribution in [-0.4, -0.2) is 65.8 Å². The highest BCUT2D eigenvalue weighted by molar-refractivity contribution is 5.89. The summed E-state index contributed by atoms with van der Waals surface area (Å²) < 4.78 is 5.34. The summed E-state index contributed by atoms with van der Waals surface area (Å²) in [6.45, 7) is 4.22. The van der Waals surface area contributed by atoms with Crippen molar-refractivity contribution in [3.8, 4) is 0 Å². The Morgan fingerprint density at radius 1 is 1.26 bits per heavy atom. The van der Waals surface area contributed by atoms with Crippen LogP contribution in [0.3, 0.4) is 0 Å². The molecule has 3 saturated heterocycles. The van der Waals surface area contributed by atoms with Gasteiger partial charge in [-0.3, -0.25) is 9.59 Å². The molecule has 0 unspecified atom stereocenters. The lowest BCUT2D eigenvalue weighted by Gasteiger charge is -2.45. The molecule has 3 aliphatic rings. The van der Waals surface area contributed by atoms with Crippen LogP contribution in [0.4, 0.5) is 0 Å².